The SMILES string of the molecule is O=Nn1ccc2c1CCCN2. The average molecular weight is 151 g/mol. The van der Waals surface area contributed by atoms with Crippen LogP contribution in [0.4, 0.5) is 5.69 Å². The number of anilines is 1. The van der Waals surface area contributed by atoms with E-state index >= 15 is 0 Å². The van der Waals surface area contributed by atoms with Gasteiger partial charge in [-0.15, -0.1) is 4.91 Å². The maximum Gasteiger partial charge on any atom is 0.0684 e. The van der Waals surface area contributed by atoms with Gasteiger partial charge in [0.15, 0.2) is 0 Å². The molecule has 0 unspecified atom stereocenters. The highest BCUT2D eigenvalue weighted by atomic mass is 16.3. The second kappa shape index (κ2) is 2.38. The van der Waals surface area contributed by atoms with Crippen LogP contribution in [0.1, 0.15) is 12.1 Å². The van der Waals surface area contributed by atoms with Crippen LogP contribution < -0.4 is 5.32 Å². The van der Waals surface area contributed by atoms with Gasteiger partial charge in [-0.2, -0.15) is 0 Å². The highest BCUT2D eigenvalue weighted by Gasteiger charge is 2.12. The van der Waals surface area contributed by atoms with Crippen molar-refractivity contribution in [2.75, 3.05) is 11.9 Å². The number of nitrogens with zero attached hydrogens (tertiary/aromatic N) is 2. The van der Waals surface area contributed by atoms with Gasteiger partial charge in [0, 0.05) is 12.7 Å². The molecule has 0 spiro atoms. The summed E-state index contributed by atoms with van der Waals surface area (Å²) in [6.07, 6.45) is 3.71. The number of fused-ring (bicyclic) bond motifs is 1. The normalized spacial score (nSPS) is 15.3. The van der Waals surface area contributed by atoms with Crippen molar-refractivity contribution < 1.29 is 0 Å². The Bertz CT molecular complexity index is 279. The van der Waals surface area contributed by atoms with Crippen LogP contribution in [-0.4, -0.2) is 11.2 Å². The van der Waals surface area contributed by atoms with E-state index in [1.807, 2.05) is 6.07 Å². The van der Waals surface area contributed by atoms with Crippen molar-refractivity contribution in [1.29, 1.82) is 0 Å². The molecule has 11 heavy (non-hydrogen) atoms. The van der Waals surface area contributed by atoms with Crippen LogP contribution in [0.3, 0.4) is 0 Å². The lowest BCUT2D eigenvalue weighted by atomic mass is 10.1. The molecule has 1 aliphatic heterocycles. The Morgan fingerprint density at radius 2 is 2.55 bits per heavy atom. The minimum absolute atomic E-state index is 0.946. The minimum atomic E-state index is 0.946. The third-order valence-electron chi connectivity index (χ3n) is 1.96. The van der Waals surface area contributed by atoms with Crippen LogP contribution in [0, 0.1) is 4.91 Å². The maximum atomic E-state index is 10.2. The minimum Gasteiger partial charge on any atom is -0.384 e. The van der Waals surface area contributed by atoms with Gasteiger partial charge in [0.1, 0.15) is 0 Å². The first-order chi connectivity index (χ1) is 5.42. The summed E-state index contributed by atoms with van der Waals surface area (Å²) in [5.74, 6) is 0. The van der Waals surface area contributed by atoms with E-state index in [1.54, 1.807) is 6.20 Å². The molecule has 1 N–H and O–H groups in total. The second-order valence-electron chi connectivity index (χ2n) is 2.63. The van der Waals surface area contributed by atoms with E-state index in [2.05, 4.69) is 10.6 Å². The van der Waals surface area contributed by atoms with Crippen molar-refractivity contribution in [3.05, 3.63) is 22.9 Å². The number of rotatable bonds is 1. The van der Waals surface area contributed by atoms with Crippen molar-refractivity contribution in [3.8, 4) is 0 Å². The molecule has 0 radical (unpaired) electrons. The number of nitrogens with one attached hydrogen (secondary N) is 1. The Kier molecular flexibility index (Phi) is 1.38. The van der Waals surface area contributed by atoms with E-state index in [-0.39, 0.29) is 0 Å². The zero-order valence-corrected chi connectivity index (χ0v) is 6.08. The summed E-state index contributed by atoms with van der Waals surface area (Å²) in [5, 5.41) is 6.07. The summed E-state index contributed by atoms with van der Waals surface area (Å²) < 4.78 is 1.39. The summed E-state index contributed by atoms with van der Waals surface area (Å²) in [6.45, 7) is 0.996. The molecule has 1 aliphatic rings. The molecular weight excluding hydrogens is 142 g/mol. The molecule has 58 valence electrons. The standard InChI is InChI=1S/C7H9N3O/c11-9-10-5-3-6-7(10)2-1-4-8-6/h3,5,8H,1-2,4H2. The Morgan fingerprint density at radius 1 is 1.64 bits per heavy atom. The van der Waals surface area contributed by atoms with Crippen LogP contribution in [0.25, 0.3) is 0 Å². The number of hydrogen-bond acceptors (Lipinski definition) is 3. The van der Waals surface area contributed by atoms with Crippen molar-refractivity contribution >= 4 is 5.69 Å². The Balaban J connectivity index is 2.45. The molecule has 0 atom stereocenters. The monoisotopic (exact) mass is 151 g/mol. The fourth-order valence-corrected chi connectivity index (χ4v) is 1.42. The lowest BCUT2D eigenvalue weighted by Gasteiger charge is -2.13. The van der Waals surface area contributed by atoms with Crippen molar-refractivity contribution in [3.63, 3.8) is 0 Å². The second-order valence-corrected chi connectivity index (χ2v) is 2.63. The van der Waals surface area contributed by atoms with Gasteiger partial charge in [-0.1, -0.05) is 0 Å². The van der Waals surface area contributed by atoms with Crippen molar-refractivity contribution in [2.24, 2.45) is 5.29 Å². The van der Waals surface area contributed by atoms with Gasteiger partial charge < -0.3 is 5.32 Å². The largest absolute Gasteiger partial charge is 0.384 e. The first-order valence-corrected chi connectivity index (χ1v) is 3.69. The summed E-state index contributed by atoms with van der Waals surface area (Å²) in [7, 11) is 0. The molecule has 0 aromatic carbocycles. The molecule has 0 fully saturated rings. The van der Waals surface area contributed by atoms with Gasteiger partial charge >= 0.3 is 0 Å². The Hall–Kier alpha value is -1.32. The molecule has 2 heterocycles. The first kappa shape index (κ1) is 6.39. The third-order valence-corrected chi connectivity index (χ3v) is 1.96. The van der Waals surface area contributed by atoms with Crippen molar-refractivity contribution in [2.45, 2.75) is 12.8 Å². The lowest BCUT2D eigenvalue weighted by Crippen LogP contribution is -2.12. The number of hydrogen-bond donors (Lipinski definition) is 1. The molecule has 0 saturated carbocycles. The van der Waals surface area contributed by atoms with Crippen LogP contribution in [-0.2, 0) is 6.42 Å². The molecular formula is C7H9N3O. The topological polar surface area (TPSA) is 46.4 Å². The summed E-state index contributed by atoms with van der Waals surface area (Å²) in [4.78, 5) is 10.2. The van der Waals surface area contributed by atoms with Gasteiger partial charge in [-0.05, 0) is 18.9 Å². The van der Waals surface area contributed by atoms with E-state index in [0.29, 0.717) is 0 Å². The van der Waals surface area contributed by atoms with Gasteiger partial charge in [-0.25, -0.2) is 4.68 Å². The number of nitroso groups, excluding NO2 is 1. The van der Waals surface area contributed by atoms with Gasteiger partial charge in [0.25, 0.3) is 0 Å². The van der Waals surface area contributed by atoms with Gasteiger partial charge in [0.05, 0.1) is 16.7 Å². The Morgan fingerprint density at radius 3 is 3.36 bits per heavy atom. The molecule has 0 saturated heterocycles. The zero-order chi connectivity index (χ0) is 7.68. The molecule has 1 aromatic heterocycles. The third kappa shape index (κ3) is 0.906. The summed E-state index contributed by atoms with van der Waals surface area (Å²) in [5.41, 5.74) is 2.06. The summed E-state index contributed by atoms with van der Waals surface area (Å²) >= 11 is 0. The lowest BCUT2D eigenvalue weighted by molar-refractivity contribution is 0.730. The average Bonchev–Trinajstić information content (AvgIpc) is 2.47. The predicted octanol–water partition coefficient (Wildman–Crippen LogP) is 1.38. The van der Waals surface area contributed by atoms with Gasteiger partial charge in [-0.3, -0.25) is 0 Å². The molecule has 4 heteroatoms. The van der Waals surface area contributed by atoms with Crippen molar-refractivity contribution in [1.82, 2.24) is 4.68 Å². The van der Waals surface area contributed by atoms with E-state index in [1.165, 1.54) is 4.68 Å². The molecule has 0 amide bonds. The molecule has 0 aliphatic carbocycles. The first-order valence-electron chi connectivity index (χ1n) is 3.69. The zero-order valence-electron chi connectivity index (χ0n) is 6.08. The predicted molar refractivity (Wildman–Crippen MR) is 42.4 cm³/mol. The van der Waals surface area contributed by atoms with Crippen LogP contribution in [0.5, 0.6) is 0 Å². The van der Waals surface area contributed by atoms with E-state index in [4.69, 9.17) is 0 Å². The molecule has 0 bridgehead atoms. The fourth-order valence-electron chi connectivity index (χ4n) is 1.42. The fraction of sp³-hybridized carbons (Fsp3) is 0.429. The molecule has 4 nitrogen and oxygen atoms in total. The van der Waals surface area contributed by atoms with Gasteiger partial charge in [0.2, 0.25) is 0 Å². The Labute approximate surface area is 64.2 Å². The van der Waals surface area contributed by atoms with Crippen LogP contribution in [0.2, 0.25) is 0 Å². The maximum absolute atomic E-state index is 10.2. The van der Waals surface area contributed by atoms with E-state index in [0.717, 1.165) is 30.8 Å². The van der Waals surface area contributed by atoms with Crippen LogP contribution in [0.15, 0.2) is 17.5 Å². The smallest absolute Gasteiger partial charge is 0.0684 e. The molecule has 1 aromatic rings. The molecule has 2 rings (SSSR count). The highest BCUT2D eigenvalue weighted by Crippen LogP contribution is 2.22. The quantitative estimate of drug-likeness (QED) is 0.616. The van der Waals surface area contributed by atoms with Crippen LogP contribution >= 0.6 is 0 Å². The number of aromatic nitrogens is 1. The van der Waals surface area contributed by atoms with E-state index < -0.39 is 0 Å². The highest BCUT2D eigenvalue weighted by molar-refractivity contribution is 5.50. The van der Waals surface area contributed by atoms with E-state index in [9.17, 15) is 4.91 Å². The summed E-state index contributed by atoms with van der Waals surface area (Å²) in [6, 6.07) is 1.88.